The highest BCUT2D eigenvalue weighted by molar-refractivity contribution is 6.04. The van der Waals surface area contributed by atoms with E-state index in [1.54, 1.807) is 29.4 Å². The molecule has 2 aromatic heterocycles. The average molecular weight is 311 g/mol. The molecule has 6 nitrogen and oxygen atoms in total. The van der Waals surface area contributed by atoms with Gasteiger partial charge in [0.05, 0.1) is 0 Å². The molecule has 3 heterocycles. The van der Waals surface area contributed by atoms with Crippen molar-refractivity contribution >= 4 is 22.5 Å². The van der Waals surface area contributed by atoms with Crippen LogP contribution in [0.5, 0.6) is 0 Å². The van der Waals surface area contributed by atoms with Crippen LogP contribution in [0.15, 0.2) is 36.7 Å². The first-order chi connectivity index (χ1) is 11.2. The van der Waals surface area contributed by atoms with Gasteiger partial charge in [0.25, 0.3) is 5.91 Å². The number of hydrogen-bond acceptors (Lipinski definition) is 4. The topological polar surface area (TPSA) is 73.9 Å². The molecule has 0 saturated carbocycles. The smallest absolute Gasteiger partial charge is 0.275 e. The van der Waals surface area contributed by atoms with E-state index in [0.717, 1.165) is 11.3 Å². The number of para-hydroxylation sites is 1. The number of benzene rings is 1. The molecule has 1 aromatic carbocycles. The molecule has 0 bridgehead atoms. The molecule has 0 atom stereocenters. The maximum Gasteiger partial charge on any atom is 0.275 e. The van der Waals surface area contributed by atoms with E-state index in [4.69, 9.17) is 0 Å². The lowest BCUT2D eigenvalue weighted by molar-refractivity contribution is 0.0749. The standard InChI is InChI=1S/C16H14FN5O/c17-12-3-1-2-11-14(12)20-21-15(11)16(23)22-7-6-19-13-4-5-18-8-10(13)9-22/h1-5,8,19H,6-7,9H2,(H,20,21). The quantitative estimate of drug-likeness (QED) is 0.722. The Morgan fingerprint density at radius 1 is 1.30 bits per heavy atom. The Bertz CT molecular complexity index is 891. The van der Waals surface area contributed by atoms with Crippen LogP contribution in [-0.4, -0.2) is 39.1 Å². The number of H-pyrrole nitrogens is 1. The van der Waals surface area contributed by atoms with Gasteiger partial charge in [-0.05, 0) is 12.1 Å². The summed E-state index contributed by atoms with van der Waals surface area (Å²) in [5.74, 6) is -0.638. The van der Waals surface area contributed by atoms with Crippen molar-refractivity contribution in [2.75, 3.05) is 18.4 Å². The predicted octanol–water partition coefficient (Wildman–Crippen LogP) is 2.16. The lowest BCUT2D eigenvalue weighted by Crippen LogP contribution is -2.33. The van der Waals surface area contributed by atoms with Gasteiger partial charge >= 0.3 is 0 Å². The summed E-state index contributed by atoms with van der Waals surface area (Å²) in [7, 11) is 0. The monoisotopic (exact) mass is 311 g/mol. The van der Waals surface area contributed by atoms with Gasteiger partial charge in [-0.25, -0.2) is 4.39 Å². The zero-order valence-corrected chi connectivity index (χ0v) is 12.2. The van der Waals surface area contributed by atoms with Crippen molar-refractivity contribution in [1.29, 1.82) is 0 Å². The fraction of sp³-hybridized carbons (Fsp3) is 0.188. The Kier molecular flexibility index (Phi) is 3.18. The first-order valence-electron chi connectivity index (χ1n) is 7.32. The van der Waals surface area contributed by atoms with Crippen molar-refractivity contribution in [3.05, 3.63) is 53.7 Å². The third-order valence-electron chi connectivity index (χ3n) is 4.00. The van der Waals surface area contributed by atoms with Gasteiger partial charge in [-0.1, -0.05) is 12.1 Å². The van der Waals surface area contributed by atoms with E-state index in [9.17, 15) is 9.18 Å². The molecule has 0 radical (unpaired) electrons. The molecular formula is C16H14FN5O. The maximum atomic E-state index is 13.8. The third kappa shape index (κ3) is 2.30. The van der Waals surface area contributed by atoms with Crippen LogP contribution in [0.2, 0.25) is 0 Å². The average Bonchev–Trinajstić information content (AvgIpc) is 2.88. The van der Waals surface area contributed by atoms with Gasteiger partial charge in [-0.2, -0.15) is 5.10 Å². The van der Waals surface area contributed by atoms with Crippen molar-refractivity contribution < 1.29 is 9.18 Å². The van der Waals surface area contributed by atoms with Crippen LogP contribution in [0.4, 0.5) is 10.1 Å². The molecule has 1 aliphatic heterocycles. The van der Waals surface area contributed by atoms with E-state index >= 15 is 0 Å². The van der Waals surface area contributed by atoms with Crippen LogP contribution >= 0.6 is 0 Å². The largest absolute Gasteiger partial charge is 0.383 e. The van der Waals surface area contributed by atoms with E-state index < -0.39 is 5.82 Å². The molecule has 7 heteroatoms. The Labute approximate surface area is 131 Å². The van der Waals surface area contributed by atoms with Gasteiger partial charge in [-0.3, -0.25) is 14.9 Å². The minimum atomic E-state index is -0.416. The molecule has 3 aromatic rings. The van der Waals surface area contributed by atoms with Crippen molar-refractivity contribution in [2.24, 2.45) is 0 Å². The van der Waals surface area contributed by atoms with E-state index in [1.165, 1.54) is 6.07 Å². The zero-order chi connectivity index (χ0) is 15.8. The van der Waals surface area contributed by atoms with E-state index in [0.29, 0.717) is 25.0 Å². The van der Waals surface area contributed by atoms with Crippen LogP contribution in [0, 0.1) is 5.82 Å². The normalized spacial score (nSPS) is 14.2. The number of amides is 1. The van der Waals surface area contributed by atoms with Gasteiger partial charge in [0, 0.05) is 48.7 Å². The minimum absolute atomic E-state index is 0.222. The lowest BCUT2D eigenvalue weighted by atomic mass is 10.1. The summed E-state index contributed by atoms with van der Waals surface area (Å²) in [5.41, 5.74) is 2.43. The fourth-order valence-electron chi connectivity index (χ4n) is 2.83. The summed E-state index contributed by atoms with van der Waals surface area (Å²) >= 11 is 0. The van der Waals surface area contributed by atoms with Crippen LogP contribution < -0.4 is 5.32 Å². The lowest BCUT2D eigenvalue weighted by Gasteiger charge is -2.19. The van der Waals surface area contributed by atoms with E-state index in [-0.39, 0.29) is 17.1 Å². The molecule has 0 saturated heterocycles. The van der Waals surface area contributed by atoms with Crippen molar-refractivity contribution in [1.82, 2.24) is 20.1 Å². The van der Waals surface area contributed by atoms with Gasteiger partial charge in [0.1, 0.15) is 11.3 Å². The van der Waals surface area contributed by atoms with Crippen molar-refractivity contribution in [3.63, 3.8) is 0 Å². The van der Waals surface area contributed by atoms with E-state index in [2.05, 4.69) is 20.5 Å². The molecule has 0 unspecified atom stereocenters. The second-order valence-corrected chi connectivity index (χ2v) is 5.42. The third-order valence-corrected chi connectivity index (χ3v) is 4.00. The summed E-state index contributed by atoms with van der Waals surface area (Å²) in [6, 6.07) is 6.50. The number of halogens is 1. The summed E-state index contributed by atoms with van der Waals surface area (Å²) < 4.78 is 13.8. The molecule has 23 heavy (non-hydrogen) atoms. The van der Waals surface area contributed by atoms with Crippen LogP contribution in [0.1, 0.15) is 16.1 Å². The van der Waals surface area contributed by atoms with Gasteiger partial charge in [-0.15, -0.1) is 0 Å². The fourth-order valence-corrected chi connectivity index (χ4v) is 2.83. The number of anilines is 1. The number of hydrogen-bond donors (Lipinski definition) is 2. The Hall–Kier alpha value is -2.96. The molecule has 116 valence electrons. The summed E-state index contributed by atoms with van der Waals surface area (Å²) in [6.45, 7) is 1.62. The number of nitrogens with one attached hydrogen (secondary N) is 2. The van der Waals surface area contributed by atoms with Crippen molar-refractivity contribution in [2.45, 2.75) is 6.54 Å². The van der Waals surface area contributed by atoms with Crippen LogP contribution in [-0.2, 0) is 6.54 Å². The van der Waals surface area contributed by atoms with Crippen LogP contribution in [0.25, 0.3) is 10.9 Å². The number of carbonyl (C=O) groups excluding carboxylic acids is 1. The molecule has 0 spiro atoms. The molecule has 1 amide bonds. The number of aromatic amines is 1. The Balaban J connectivity index is 1.70. The summed E-state index contributed by atoms with van der Waals surface area (Å²) in [5, 5.41) is 10.4. The molecule has 1 aliphatic rings. The summed E-state index contributed by atoms with van der Waals surface area (Å²) in [6.07, 6.45) is 3.46. The van der Waals surface area contributed by atoms with E-state index in [1.807, 2.05) is 6.07 Å². The number of carbonyl (C=O) groups is 1. The summed E-state index contributed by atoms with van der Waals surface area (Å²) in [4.78, 5) is 18.6. The Morgan fingerprint density at radius 2 is 2.22 bits per heavy atom. The molecular weight excluding hydrogens is 297 g/mol. The number of rotatable bonds is 1. The first kappa shape index (κ1) is 13.7. The SMILES string of the molecule is O=C(c1n[nH]c2c(F)cccc12)N1CCNc2ccncc2C1. The highest BCUT2D eigenvalue weighted by Gasteiger charge is 2.24. The molecule has 0 fully saturated rings. The van der Waals surface area contributed by atoms with Gasteiger partial charge in [0.2, 0.25) is 0 Å². The number of aromatic nitrogens is 3. The first-order valence-corrected chi connectivity index (χ1v) is 7.32. The second kappa shape index (κ2) is 5.35. The molecule has 0 aliphatic carbocycles. The van der Waals surface area contributed by atoms with Gasteiger partial charge < -0.3 is 10.2 Å². The molecule has 2 N–H and O–H groups in total. The molecule has 4 rings (SSSR count). The predicted molar refractivity (Wildman–Crippen MR) is 83.5 cm³/mol. The minimum Gasteiger partial charge on any atom is -0.383 e. The maximum absolute atomic E-state index is 13.8. The number of pyridine rings is 1. The van der Waals surface area contributed by atoms with Crippen molar-refractivity contribution in [3.8, 4) is 0 Å². The van der Waals surface area contributed by atoms with Crippen LogP contribution in [0.3, 0.4) is 0 Å². The Morgan fingerprint density at radius 3 is 3.13 bits per heavy atom. The zero-order valence-electron chi connectivity index (χ0n) is 12.2. The van der Waals surface area contributed by atoms with Gasteiger partial charge in [0.15, 0.2) is 5.69 Å². The second-order valence-electron chi connectivity index (χ2n) is 5.42. The number of nitrogens with zero attached hydrogens (tertiary/aromatic N) is 3. The highest BCUT2D eigenvalue weighted by atomic mass is 19.1. The number of fused-ring (bicyclic) bond motifs is 2. The highest BCUT2D eigenvalue weighted by Crippen LogP contribution is 2.23.